The maximum absolute atomic E-state index is 13.1. The molecule has 0 N–H and O–H groups in total. The summed E-state index contributed by atoms with van der Waals surface area (Å²) >= 11 is 2.36. The number of benzene rings is 1. The summed E-state index contributed by atoms with van der Waals surface area (Å²) in [6, 6.07) is 6.48. The van der Waals surface area contributed by atoms with Gasteiger partial charge in [-0.05, 0) is 89.3 Å². The molecular formula is C26H40BrNO2S. The van der Waals surface area contributed by atoms with Crippen molar-refractivity contribution in [3.63, 3.8) is 0 Å². The Labute approximate surface area is 201 Å². The Morgan fingerprint density at radius 2 is 1.77 bits per heavy atom. The second-order valence-electron chi connectivity index (χ2n) is 12.2. The van der Waals surface area contributed by atoms with Crippen LogP contribution >= 0.6 is 15.9 Å². The highest BCUT2D eigenvalue weighted by molar-refractivity contribution is 9.10. The van der Waals surface area contributed by atoms with Crippen LogP contribution in [0.15, 0.2) is 27.1 Å². The number of fused-ring (bicyclic) bond motifs is 1. The van der Waals surface area contributed by atoms with Crippen molar-refractivity contribution >= 4 is 33.0 Å². The first-order valence-corrected chi connectivity index (χ1v) is 13.4. The normalized spacial score (nSPS) is 29.5. The van der Waals surface area contributed by atoms with Gasteiger partial charge in [0.25, 0.3) is 0 Å². The van der Waals surface area contributed by atoms with Gasteiger partial charge in [0, 0.05) is 15.5 Å². The number of rotatable bonds is 3. The minimum Gasteiger partial charge on any atom is -0.591 e. The molecule has 1 aromatic carbocycles. The Bertz CT molecular complexity index is 852. The van der Waals surface area contributed by atoms with E-state index in [9.17, 15) is 4.55 Å². The molecule has 0 aliphatic heterocycles. The molecule has 0 saturated heterocycles. The minimum atomic E-state index is -1.27. The molecule has 0 radical (unpaired) electrons. The van der Waals surface area contributed by atoms with Gasteiger partial charge in [-0.15, -0.1) is 0 Å². The summed E-state index contributed by atoms with van der Waals surface area (Å²) in [6.07, 6.45) is 4.27. The Morgan fingerprint density at radius 1 is 1.13 bits per heavy atom. The van der Waals surface area contributed by atoms with E-state index in [-0.39, 0.29) is 27.3 Å². The molecule has 1 unspecified atom stereocenters. The van der Waals surface area contributed by atoms with Crippen LogP contribution in [-0.4, -0.2) is 26.7 Å². The monoisotopic (exact) mass is 509 g/mol. The second kappa shape index (κ2) is 8.45. The van der Waals surface area contributed by atoms with E-state index in [4.69, 9.17) is 9.13 Å². The average Bonchev–Trinajstić information content (AvgIpc) is 2.88. The van der Waals surface area contributed by atoms with Gasteiger partial charge in [-0.2, -0.15) is 0 Å². The molecule has 4 atom stereocenters. The minimum absolute atomic E-state index is 0.0464. The molecule has 3 nitrogen and oxygen atoms in total. The van der Waals surface area contributed by atoms with E-state index in [0.29, 0.717) is 5.92 Å². The van der Waals surface area contributed by atoms with E-state index in [1.54, 1.807) is 0 Å². The SMILES string of the molecule is C[C@@H]1C[C@]2(CC[C@H]1OC(C)(C)C(C)(C)C)Cc1ccc(Br)cc1C2=N[S+]([O-])C(C)(C)C. The molecule has 1 spiro atoms. The zero-order valence-corrected chi connectivity index (χ0v) is 23.2. The lowest BCUT2D eigenvalue weighted by molar-refractivity contribution is -0.159. The molecule has 0 aromatic heterocycles. The Balaban J connectivity index is 1.93. The van der Waals surface area contributed by atoms with E-state index < -0.39 is 11.4 Å². The summed E-state index contributed by atoms with van der Waals surface area (Å²) in [7, 11) is 0. The van der Waals surface area contributed by atoms with Crippen LogP contribution in [0.4, 0.5) is 0 Å². The molecule has 0 amide bonds. The summed E-state index contributed by atoms with van der Waals surface area (Å²) in [4.78, 5) is 0. The number of ether oxygens (including phenoxy) is 1. The van der Waals surface area contributed by atoms with Crippen LogP contribution in [0.5, 0.6) is 0 Å². The molecule has 0 heterocycles. The summed E-state index contributed by atoms with van der Waals surface area (Å²) in [5, 5.41) is 0. The third-order valence-corrected chi connectivity index (χ3v) is 9.45. The van der Waals surface area contributed by atoms with E-state index >= 15 is 0 Å². The standard InChI is InChI=1S/C26H40BrNO2S/c1-17-15-26(13-12-21(17)30-25(8,9)23(2,3)4)16-18-10-11-19(27)14-20(18)22(26)28-31(29)24(5,6)7/h10-11,14,17,21H,12-13,15-16H2,1-9H3/t17-,21-,26-,31?/m1/s1. The fraction of sp³-hybridized carbons (Fsp3) is 0.731. The van der Waals surface area contributed by atoms with Crippen LogP contribution < -0.4 is 0 Å². The number of nitrogens with zero attached hydrogens (tertiary/aromatic N) is 1. The van der Waals surface area contributed by atoms with Gasteiger partial charge in [0.2, 0.25) is 0 Å². The van der Waals surface area contributed by atoms with Gasteiger partial charge in [0.05, 0.1) is 11.7 Å². The maximum atomic E-state index is 13.1. The van der Waals surface area contributed by atoms with E-state index in [0.717, 1.165) is 35.9 Å². The van der Waals surface area contributed by atoms with Crippen molar-refractivity contribution in [2.45, 2.75) is 104 Å². The predicted octanol–water partition coefficient (Wildman–Crippen LogP) is 7.27. The first-order valence-electron chi connectivity index (χ1n) is 11.5. The molecular weight excluding hydrogens is 470 g/mol. The quantitative estimate of drug-likeness (QED) is 0.402. The fourth-order valence-corrected chi connectivity index (χ4v) is 5.77. The highest BCUT2D eigenvalue weighted by atomic mass is 79.9. The first kappa shape index (κ1) is 25.3. The number of halogens is 1. The Kier molecular flexibility index (Phi) is 6.89. The molecule has 3 rings (SSSR count). The number of hydrogen-bond donors (Lipinski definition) is 0. The number of hydrogen-bond acceptors (Lipinski definition) is 3. The van der Waals surface area contributed by atoms with Crippen LogP contribution in [-0.2, 0) is 22.5 Å². The lowest BCUT2D eigenvalue weighted by Crippen LogP contribution is -2.48. The highest BCUT2D eigenvalue weighted by Gasteiger charge is 2.51. The first-order chi connectivity index (χ1) is 14.1. The van der Waals surface area contributed by atoms with E-state index in [1.165, 1.54) is 11.1 Å². The van der Waals surface area contributed by atoms with Gasteiger partial charge in [0.15, 0.2) is 0 Å². The summed E-state index contributed by atoms with van der Waals surface area (Å²) < 4.78 is 25.4. The zero-order chi connectivity index (χ0) is 23.4. The topological polar surface area (TPSA) is 44.6 Å². The Hall–Kier alpha value is -0.360. The average molecular weight is 511 g/mol. The van der Waals surface area contributed by atoms with E-state index in [1.807, 2.05) is 20.8 Å². The lowest BCUT2D eigenvalue weighted by atomic mass is 9.66. The van der Waals surface area contributed by atoms with Gasteiger partial charge in [-0.25, -0.2) is 0 Å². The molecule has 1 fully saturated rings. The van der Waals surface area contributed by atoms with Crippen molar-refractivity contribution in [1.82, 2.24) is 0 Å². The summed E-state index contributed by atoms with van der Waals surface area (Å²) in [6.45, 7) is 19.5. The molecule has 31 heavy (non-hydrogen) atoms. The van der Waals surface area contributed by atoms with Crippen molar-refractivity contribution in [2.75, 3.05) is 0 Å². The zero-order valence-electron chi connectivity index (χ0n) is 20.8. The predicted molar refractivity (Wildman–Crippen MR) is 136 cm³/mol. The summed E-state index contributed by atoms with van der Waals surface area (Å²) in [5.74, 6) is 0.418. The van der Waals surface area contributed by atoms with Crippen molar-refractivity contribution in [1.29, 1.82) is 0 Å². The maximum Gasteiger partial charge on any atom is 0.144 e. The lowest BCUT2D eigenvalue weighted by Gasteiger charge is -2.47. The molecule has 2 aliphatic rings. The van der Waals surface area contributed by atoms with Gasteiger partial charge < -0.3 is 9.29 Å². The third-order valence-electron chi connectivity index (χ3n) is 7.56. The van der Waals surface area contributed by atoms with Crippen molar-refractivity contribution in [2.24, 2.45) is 21.1 Å². The molecule has 174 valence electrons. The van der Waals surface area contributed by atoms with Crippen LogP contribution in [0.3, 0.4) is 0 Å². The summed E-state index contributed by atoms with van der Waals surface area (Å²) in [5.41, 5.74) is 3.40. The molecule has 2 aliphatic carbocycles. The largest absolute Gasteiger partial charge is 0.591 e. The van der Waals surface area contributed by atoms with Gasteiger partial charge in [-0.1, -0.05) is 54.1 Å². The smallest absolute Gasteiger partial charge is 0.144 e. The second-order valence-corrected chi connectivity index (χ2v) is 15.0. The van der Waals surface area contributed by atoms with Gasteiger partial charge in [0.1, 0.15) is 21.8 Å². The third kappa shape index (κ3) is 5.10. The molecule has 1 saturated carbocycles. The van der Waals surface area contributed by atoms with Crippen molar-refractivity contribution in [3.8, 4) is 0 Å². The molecule has 0 bridgehead atoms. The van der Waals surface area contributed by atoms with Crippen molar-refractivity contribution in [3.05, 3.63) is 33.8 Å². The fourth-order valence-electron chi connectivity index (χ4n) is 4.68. The van der Waals surface area contributed by atoms with Crippen LogP contribution in [0.25, 0.3) is 0 Å². The van der Waals surface area contributed by atoms with E-state index in [2.05, 4.69) is 75.7 Å². The Morgan fingerprint density at radius 3 is 2.32 bits per heavy atom. The molecule has 1 aromatic rings. The van der Waals surface area contributed by atoms with Crippen LogP contribution in [0.2, 0.25) is 0 Å². The molecule has 5 heteroatoms. The van der Waals surface area contributed by atoms with Crippen LogP contribution in [0, 0.1) is 16.7 Å². The highest BCUT2D eigenvalue weighted by Crippen LogP contribution is 2.52. The van der Waals surface area contributed by atoms with Crippen LogP contribution in [0.1, 0.15) is 92.7 Å². The van der Waals surface area contributed by atoms with Gasteiger partial charge >= 0.3 is 0 Å². The van der Waals surface area contributed by atoms with Crippen molar-refractivity contribution < 1.29 is 9.29 Å². The van der Waals surface area contributed by atoms with Gasteiger partial charge in [-0.3, -0.25) is 0 Å².